The Balaban J connectivity index is 2.90. The van der Waals surface area contributed by atoms with Gasteiger partial charge in [0.2, 0.25) is 10.0 Å². The predicted octanol–water partition coefficient (Wildman–Crippen LogP) is 0.457. The summed E-state index contributed by atoms with van der Waals surface area (Å²) in [5.74, 6) is -0.894. The molecule has 17 heavy (non-hydrogen) atoms. The zero-order chi connectivity index (χ0) is 13.1. The van der Waals surface area contributed by atoms with Gasteiger partial charge < -0.3 is 10.8 Å². The summed E-state index contributed by atoms with van der Waals surface area (Å²) in [4.78, 5) is -0.550. The van der Waals surface area contributed by atoms with E-state index in [4.69, 9.17) is 10.8 Å². The minimum Gasteiger partial charge on any atom is -0.398 e. The predicted molar refractivity (Wildman–Crippen MR) is 62.3 cm³/mol. The number of hydrogen-bond acceptors (Lipinski definition) is 4. The summed E-state index contributed by atoms with van der Waals surface area (Å²) in [5, 5.41) is 9.00. The average Bonchev–Trinajstić information content (AvgIpc) is 2.15. The Kier molecular flexibility index (Phi) is 4.44. The van der Waals surface area contributed by atoms with E-state index in [1.165, 1.54) is 19.1 Å². The maximum absolute atomic E-state index is 13.4. The summed E-state index contributed by atoms with van der Waals surface area (Å²) >= 11 is 0. The molecule has 1 atom stereocenters. The maximum Gasteiger partial charge on any atom is 0.245 e. The molecular weight excluding hydrogens is 247 g/mol. The van der Waals surface area contributed by atoms with Gasteiger partial charge in [0.25, 0.3) is 0 Å². The average molecular weight is 262 g/mol. The first kappa shape index (κ1) is 13.9. The quantitative estimate of drug-likeness (QED) is 0.672. The first-order valence-electron chi connectivity index (χ1n) is 5.06. The number of hydrogen-bond donors (Lipinski definition) is 3. The van der Waals surface area contributed by atoms with Crippen molar-refractivity contribution in [2.45, 2.75) is 24.3 Å². The first-order chi connectivity index (χ1) is 7.84. The lowest BCUT2D eigenvalue weighted by Crippen LogP contribution is -2.28. The minimum atomic E-state index is -3.98. The Morgan fingerprint density at radius 1 is 1.53 bits per heavy atom. The van der Waals surface area contributed by atoms with E-state index in [0.717, 1.165) is 6.07 Å². The zero-order valence-electron chi connectivity index (χ0n) is 9.35. The molecule has 1 aromatic rings. The van der Waals surface area contributed by atoms with E-state index < -0.39 is 26.8 Å². The lowest BCUT2D eigenvalue weighted by molar-refractivity contribution is 0.186. The molecule has 0 aromatic heterocycles. The van der Waals surface area contributed by atoms with E-state index in [9.17, 15) is 12.8 Å². The zero-order valence-corrected chi connectivity index (χ0v) is 10.2. The third kappa shape index (κ3) is 3.65. The molecule has 0 saturated heterocycles. The molecule has 0 aliphatic rings. The number of anilines is 1. The van der Waals surface area contributed by atoms with Gasteiger partial charge in [-0.05, 0) is 25.5 Å². The van der Waals surface area contributed by atoms with Crippen molar-refractivity contribution in [2.75, 3.05) is 12.3 Å². The molecule has 0 aliphatic heterocycles. The molecule has 0 saturated carbocycles. The summed E-state index contributed by atoms with van der Waals surface area (Å²) in [6.07, 6.45) is -0.385. The smallest absolute Gasteiger partial charge is 0.245 e. The summed E-state index contributed by atoms with van der Waals surface area (Å²) in [6.45, 7) is 1.56. The fraction of sp³-hybridized carbons (Fsp3) is 0.400. The fourth-order valence-electron chi connectivity index (χ4n) is 1.28. The number of aliphatic hydroxyl groups is 1. The van der Waals surface area contributed by atoms with Crippen LogP contribution in [0.5, 0.6) is 0 Å². The fourth-order valence-corrected chi connectivity index (χ4v) is 2.52. The molecule has 7 heteroatoms. The van der Waals surface area contributed by atoms with Crippen LogP contribution in [0.25, 0.3) is 0 Å². The SMILES string of the molecule is CC(O)CCNS(=O)(=O)c1c(N)cccc1F. The van der Waals surface area contributed by atoms with Crippen molar-refractivity contribution in [3.63, 3.8) is 0 Å². The van der Waals surface area contributed by atoms with Gasteiger partial charge in [-0.25, -0.2) is 17.5 Å². The number of nitrogen functional groups attached to an aromatic ring is 1. The van der Waals surface area contributed by atoms with Crippen LogP contribution in [0.1, 0.15) is 13.3 Å². The number of halogens is 1. The van der Waals surface area contributed by atoms with E-state index >= 15 is 0 Å². The summed E-state index contributed by atoms with van der Waals surface area (Å²) in [6, 6.07) is 3.67. The van der Waals surface area contributed by atoms with Gasteiger partial charge in [0.1, 0.15) is 10.7 Å². The molecule has 1 aromatic carbocycles. The van der Waals surface area contributed by atoms with Gasteiger partial charge in [-0.15, -0.1) is 0 Å². The molecule has 0 radical (unpaired) electrons. The number of sulfonamides is 1. The molecule has 5 nitrogen and oxygen atoms in total. The molecule has 96 valence electrons. The van der Waals surface area contributed by atoms with Crippen molar-refractivity contribution in [3.8, 4) is 0 Å². The van der Waals surface area contributed by atoms with Crippen LogP contribution in [0, 0.1) is 5.82 Å². The summed E-state index contributed by atoms with van der Waals surface area (Å²) in [7, 11) is -3.98. The number of rotatable bonds is 5. The van der Waals surface area contributed by atoms with Gasteiger partial charge in [0.15, 0.2) is 0 Å². The molecule has 1 unspecified atom stereocenters. The van der Waals surface area contributed by atoms with Gasteiger partial charge >= 0.3 is 0 Å². The first-order valence-corrected chi connectivity index (χ1v) is 6.54. The molecule has 0 aliphatic carbocycles. The molecule has 0 spiro atoms. The van der Waals surface area contributed by atoms with Crippen molar-refractivity contribution in [3.05, 3.63) is 24.0 Å². The molecular formula is C10H15FN2O3S. The number of aliphatic hydroxyl groups excluding tert-OH is 1. The van der Waals surface area contributed by atoms with E-state index in [0.29, 0.717) is 0 Å². The van der Waals surface area contributed by atoms with Crippen LogP contribution in [0.2, 0.25) is 0 Å². The van der Waals surface area contributed by atoms with Gasteiger partial charge in [0.05, 0.1) is 11.8 Å². The lowest BCUT2D eigenvalue weighted by Gasteiger charge is -2.10. The van der Waals surface area contributed by atoms with Crippen molar-refractivity contribution < 1.29 is 17.9 Å². The van der Waals surface area contributed by atoms with Crippen LogP contribution in [0.15, 0.2) is 23.1 Å². The highest BCUT2D eigenvalue weighted by atomic mass is 32.2. The third-order valence-electron chi connectivity index (χ3n) is 2.12. The Morgan fingerprint density at radius 3 is 2.71 bits per heavy atom. The van der Waals surface area contributed by atoms with Crippen molar-refractivity contribution in [1.29, 1.82) is 0 Å². The van der Waals surface area contributed by atoms with Gasteiger partial charge in [-0.2, -0.15) is 0 Å². The van der Waals surface area contributed by atoms with Gasteiger partial charge in [-0.3, -0.25) is 0 Å². The number of benzene rings is 1. The van der Waals surface area contributed by atoms with Crippen LogP contribution in [-0.2, 0) is 10.0 Å². The van der Waals surface area contributed by atoms with Crippen LogP contribution in [-0.4, -0.2) is 26.2 Å². The van der Waals surface area contributed by atoms with Crippen LogP contribution in [0.3, 0.4) is 0 Å². The van der Waals surface area contributed by atoms with Crippen molar-refractivity contribution >= 4 is 15.7 Å². The highest BCUT2D eigenvalue weighted by Gasteiger charge is 2.21. The molecule has 0 fully saturated rings. The van der Waals surface area contributed by atoms with E-state index in [1.54, 1.807) is 0 Å². The largest absolute Gasteiger partial charge is 0.398 e. The highest BCUT2D eigenvalue weighted by Crippen LogP contribution is 2.21. The van der Waals surface area contributed by atoms with Crippen LogP contribution < -0.4 is 10.5 Å². The second-order valence-corrected chi connectivity index (χ2v) is 5.40. The van der Waals surface area contributed by atoms with Crippen LogP contribution >= 0.6 is 0 Å². The number of nitrogens with two attached hydrogens (primary N) is 1. The Hall–Kier alpha value is -1.18. The van der Waals surface area contributed by atoms with Gasteiger partial charge in [0, 0.05) is 6.54 Å². The minimum absolute atomic E-state index is 0.0216. The van der Waals surface area contributed by atoms with E-state index in [-0.39, 0.29) is 18.7 Å². The van der Waals surface area contributed by atoms with E-state index in [1.807, 2.05) is 0 Å². The maximum atomic E-state index is 13.4. The lowest BCUT2D eigenvalue weighted by atomic mass is 10.3. The molecule has 0 heterocycles. The molecule has 0 amide bonds. The second kappa shape index (κ2) is 5.44. The second-order valence-electron chi connectivity index (χ2n) is 3.69. The van der Waals surface area contributed by atoms with Crippen LogP contribution in [0.4, 0.5) is 10.1 Å². The Bertz CT molecular complexity index is 468. The standard InChI is InChI=1S/C10H15FN2O3S/c1-7(14)5-6-13-17(15,16)10-8(11)3-2-4-9(10)12/h2-4,7,13-14H,5-6,12H2,1H3. The van der Waals surface area contributed by atoms with Gasteiger partial charge in [-0.1, -0.05) is 6.07 Å². The van der Waals surface area contributed by atoms with Crippen molar-refractivity contribution in [2.24, 2.45) is 0 Å². The third-order valence-corrected chi connectivity index (χ3v) is 3.67. The molecule has 4 N–H and O–H groups in total. The topological polar surface area (TPSA) is 92.4 Å². The number of nitrogens with one attached hydrogen (secondary N) is 1. The Morgan fingerprint density at radius 2 is 2.18 bits per heavy atom. The monoisotopic (exact) mass is 262 g/mol. The van der Waals surface area contributed by atoms with Crippen molar-refractivity contribution in [1.82, 2.24) is 4.72 Å². The molecule has 1 rings (SSSR count). The highest BCUT2D eigenvalue weighted by molar-refractivity contribution is 7.89. The molecule has 0 bridgehead atoms. The summed E-state index contributed by atoms with van der Waals surface area (Å²) in [5.41, 5.74) is 5.29. The Labute approximate surface area is 99.5 Å². The van der Waals surface area contributed by atoms with E-state index in [2.05, 4.69) is 4.72 Å². The summed E-state index contributed by atoms with van der Waals surface area (Å²) < 4.78 is 39.0. The normalized spacial score (nSPS) is 13.6.